The van der Waals surface area contributed by atoms with E-state index in [-0.39, 0.29) is 29.2 Å². The molecule has 3 aromatic rings. The molecule has 1 atom stereocenters. The number of hydrogen-bond donors (Lipinski definition) is 2. The van der Waals surface area contributed by atoms with E-state index >= 15 is 0 Å². The Morgan fingerprint density at radius 1 is 1.17 bits per heavy atom. The van der Waals surface area contributed by atoms with E-state index in [2.05, 4.69) is 15.6 Å². The summed E-state index contributed by atoms with van der Waals surface area (Å²) in [6.45, 7) is 2.19. The molecule has 1 aromatic carbocycles. The quantitative estimate of drug-likeness (QED) is 0.285. The highest BCUT2D eigenvalue weighted by Gasteiger charge is 2.18. The van der Waals surface area contributed by atoms with Gasteiger partial charge in [0.2, 0.25) is 11.8 Å². The van der Waals surface area contributed by atoms with E-state index in [1.165, 1.54) is 28.7 Å². The summed E-state index contributed by atoms with van der Waals surface area (Å²) in [6, 6.07) is 11.8. The van der Waals surface area contributed by atoms with Crippen molar-refractivity contribution in [2.75, 3.05) is 25.4 Å². The molecule has 2 N–H and O–H groups in total. The van der Waals surface area contributed by atoms with E-state index in [1.54, 1.807) is 4.57 Å². The topological polar surface area (TPSA) is 102 Å². The number of amides is 2. The van der Waals surface area contributed by atoms with Crippen molar-refractivity contribution in [3.05, 3.63) is 57.7 Å². The first-order valence-electron chi connectivity index (χ1n) is 11.9. The lowest BCUT2D eigenvalue weighted by Gasteiger charge is -2.13. The number of thiophene rings is 1. The first-order chi connectivity index (χ1) is 17.1. The number of nitrogens with one attached hydrogen (secondary N) is 2. The molecule has 1 saturated heterocycles. The Labute approximate surface area is 212 Å². The molecule has 1 fully saturated rings. The Morgan fingerprint density at radius 3 is 2.83 bits per heavy atom. The summed E-state index contributed by atoms with van der Waals surface area (Å²) in [5.41, 5.74) is 1.69. The van der Waals surface area contributed by atoms with E-state index in [1.807, 2.05) is 41.8 Å². The average Bonchev–Trinajstić information content (AvgIpc) is 3.56. The normalized spacial score (nSPS) is 15.4. The van der Waals surface area contributed by atoms with Crippen molar-refractivity contribution in [2.24, 2.45) is 0 Å². The van der Waals surface area contributed by atoms with Crippen LogP contribution in [0.1, 0.15) is 31.2 Å². The lowest BCUT2D eigenvalue weighted by molar-refractivity contribution is -0.121. The van der Waals surface area contributed by atoms with Crippen LogP contribution in [-0.4, -0.2) is 52.9 Å². The van der Waals surface area contributed by atoms with Crippen LogP contribution in [0, 0.1) is 0 Å². The van der Waals surface area contributed by atoms with E-state index < -0.39 is 0 Å². The van der Waals surface area contributed by atoms with E-state index in [9.17, 15) is 14.4 Å². The molecule has 3 heterocycles. The maximum absolute atomic E-state index is 13.1. The molecule has 2 aromatic heterocycles. The average molecular weight is 515 g/mol. The van der Waals surface area contributed by atoms with Gasteiger partial charge in [0.15, 0.2) is 5.16 Å². The van der Waals surface area contributed by atoms with E-state index in [0.717, 1.165) is 25.9 Å². The van der Waals surface area contributed by atoms with Gasteiger partial charge in [-0.15, -0.1) is 11.3 Å². The molecule has 35 heavy (non-hydrogen) atoms. The molecule has 0 unspecified atom stereocenters. The number of ether oxygens (including phenoxy) is 1. The Kier molecular flexibility index (Phi) is 9.33. The van der Waals surface area contributed by atoms with Gasteiger partial charge in [0.05, 0.1) is 17.4 Å². The summed E-state index contributed by atoms with van der Waals surface area (Å²) in [6.07, 6.45) is 3.67. The molecule has 0 aliphatic carbocycles. The molecule has 10 heteroatoms. The number of fused-ring (bicyclic) bond motifs is 1. The molecule has 0 saturated carbocycles. The predicted molar refractivity (Wildman–Crippen MR) is 139 cm³/mol. The number of rotatable bonds is 12. The molecule has 0 radical (unpaired) electrons. The van der Waals surface area contributed by atoms with Gasteiger partial charge in [0.1, 0.15) is 4.70 Å². The molecule has 0 spiro atoms. The van der Waals surface area contributed by atoms with Gasteiger partial charge in [-0.2, -0.15) is 0 Å². The third kappa shape index (κ3) is 7.39. The van der Waals surface area contributed by atoms with Gasteiger partial charge in [-0.05, 0) is 42.7 Å². The van der Waals surface area contributed by atoms with Crippen molar-refractivity contribution in [3.63, 3.8) is 0 Å². The standard InChI is InChI=1S/C25H30N4O4S2/c30-21(26-12-10-18-6-2-1-3-7-18)9-4-13-29-24(32)23-20(11-15-34-23)28-25(29)35-17-22(31)27-16-19-8-5-14-33-19/h1-3,6-7,11,15,19H,4-5,8-10,12-14,16-17H2,(H,26,30)(H,27,31)/t19-/m1/s1. The zero-order chi connectivity index (χ0) is 24.5. The fourth-order valence-corrected chi connectivity index (χ4v) is 5.56. The largest absolute Gasteiger partial charge is 0.376 e. The van der Waals surface area contributed by atoms with Crippen molar-refractivity contribution >= 4 is 45.1 Å². The summed E-state index contributed by atoms with van der Waals surface area (Å²) in [7, 11) is 0. The van der Waals surface area contributed by atoms with E-state index in [4.69, 9.17) is 4.74 Å². The van der Waals surface area contributed by atoms with Crippen LogP contribution in [0.5, 0.6) is 0 Å². The molecular weight excluding hydrogens is 484 g/mol. The van der Waals surface area contributed by atoms with E-state index in [0.29, 0.717) is 47.8 Å². The third-order valence-corrected chi connectivity index (χ3v) is 7.65. The van der Waals surface area contributed by atoms with Gasteiger partial charge in [0, 0.05) is 32.7 Å². The molecule has 0 bridgehead atoms. The number of carbonyl (C=O) groups excluding carboxylic acids is 2. The van der Waals surface area contributed by atoms with Crippen LogP contribution in [0.4, 0.5) is 0 Å². The summed E-state index contributed by atoms with van der Waals surface area (Å²) < 4.78 is 7.72. The summed E-state index contributed by atoms with van der Waals surface area (Å²) >= 11 is 2.60. The minimum Gasteiger partial charge on any atom is -0.376 e. The first-order valence-corrected chi connectivity index (χ1v) is 13.8. The fourth-order valence-electron chi connectivity index (χ4n) is 3.92. The fraction of sp³-hybridized carbons (Fsp3) is 0.440. The van der Waals surface area contributed by atoms with Gasteiger partial charge < -0.3 is 15.4 Å². The van der Waals surface area contributed by atoms with Crippen LogP contribution in [0.25, 0.3) is 10.2 Å². The number of nitrogens with zero attached hydrogens (tertiary/aromatic N) is 2. The Bertz CT molecular complexity index is 1190. The smallest absolute Gasteiger partial charge is 0.272 e. The van der Waals surface area contributed by atoms with Crippen LogP contribution in [-0.2, 0) is 27.3 Å². The highest BCUT2D eigenvalue weighted by molar-refractivity contribution is 7.99. The first kappa shape index (κ1) is 25.4. The van der Waals surface area contributed by atoms with Gasteiger partial charge in [0.25, 0.3) is 5.56 Å². The summed E-state index contributed by atoms with van der Waals surface area (Å²) in [5, 5.41) is 8.18. The predicted octanol–water partition coefficient (Wildman–Crippen LogP) is 2.98. The van der Waals surface area contributed by atoms with Crippen molar-refractivity contribution in [1.29, 1.82) is 0 Å². The highest BCUT2D eigenvalue weighted by atomic mass is 32.2. The second-order valence-electron chi connectivity index (χ2n) is 8.40. The van der Waals surface area contributed by atoms with Crippen LogP contribution in [0.15, 0.2) is 51.7 Å². The Balaban J connectivity index is 1.29. The lowest BCUT2D eigenvalue weighted by atomic mass is 10.1. The highest BCUT2D eigenvalue weighted by Crippen LogP contribution is 2.21. The van der Waals surface area contributed by atoms with Crippen molar-refractivity contribution < 1.29 is 14.3 Å². The third-order valence-electron chi connectivity index (χ3n) is 5.78. The summed E-state index contributed by atoms with van der Waals surface area (Å²) in [5.74, 6) is 0.00534. The van der Waals surface area contributed by atoms with Crippen molar-refractivity contribution in [1.82, 2.24) is 20.2 Å². The maximum Gasteiger partial charge on any atom is 0.272 e. The minimum absolute atomic E-state index is 0.0400. The molecule has 8 nitrogen and oxygen atoms in total. The molecule has 1 aliphatic rings. The Hall–Kier alpha value is -2.69. The van der Waals surface area contributed by atoms with Crippen LogP contribution < -0.4 is 16.2 Å². The lowest BCUT2D eigenvalue weighted by Crippen LogP contribution is -2.33. The Morgan fingerprint density at radius 2 is 2.03 bits per heavy atom. The van der Waals surface area contributed by atoms with Crippen molar-refractivity contribution in [3.8, 4) is 0 Å². The molecule has 4 rings (SSSR count). The van der Waals surface area contributed by atoms with Crippen LogP contribution in [0.3, 0.4) is 0 Å². The molecule has 2 amide bonds. The number of aromatic nitrogens is 2. The number of benzene rings is 1. The van der Waals surface area contributed by atoms with Crippen LogP contribution in [0.2, 0.25) is 0 Å². The second-order valence-corrected chi connectivity index (χ2v) is 10.3. The molecular formula is C25H30N4O4S2. The monoisotopic (exact) mass is 514 g/mol. The second kappa shape index (κ2) is 12.9. The minimum atomic E-state index is -0.128. The van der Waals surface area contributed by atoms with Crippen LogP contribution >= 0.6 is 23.1 Å². The van der Waals surface area contributed by atoms with Gasteiger partial charge in [-0.25, -0.2) is 4.98 Å². The molecule has 1 aliphatic heterocycles. The SMILES string of the molecule is O=C(CCCn1c(SCC(=O)NC[C@H]2CCCO2)nc2ccsc2c1=O)NCCc1ccccc1. The zero-order valence-electron chi connectivity index (χ0n) is 19.5. The summed E-state index contributed by atoms with van der Waals surface area (Å²) in [4.78, 5) is 42.3. The molecule has 186 valence electrons. The number of hydrogen-bond acceptors (Lipinski definition) is 7. The number of carbonyl (C=O) groups is 2. The van der Waals surface area contributed by atoms with Crippen molar-refractivity contribution in [2.45, 2.75) is 49.9 Å². The maximum atomic E-state index is 13.1. The van der Waals surface area contributed by atoms with Gasteiger partial charge in [-0.3, -0.25) is 19.0 Å². The number of thioether (sulfide) groups is 1. The van der Waals surface area contributed by atoms with Gasteiger partial charge in [-0.1, -0.05) is 42.1 Å². The zero-order valence-corrected chi connectivity index (χ0v) is 21.2. The van der Waals surface area contributed by atoms with Gasteiger partial charge >= 0.3 is 0 Å².